The molecule has 0 aliphatic carbocycles. The van der Waals surface area contributed by atoms with E-state index in [2.05, 4.69) is 51.1 Å². The minimum Gasteiger partial charge on any atom is -0.494 e. The van der Waals surface area contributed by atoms with Gasteiger partial charge in [-0.1, -0.05) is 19.1 Å². The van der Waals surface area contributed by atoms with Crippen molar-refractivity contribution in [3.63, 3.8) is 0 Å². The third-order valence-electron chi connectivity index (χ3n) is 4.53. The van der Waals surface area contributed by atoms with Gasteiger partial charge in [-0.3, -0.25) is 0 Å². The van der Waals surface area contributed by atoms with Crippen LogP contribution in [0.4, 0.5) is 5.95 Å². The maximum atomic E-state index is 5.73. The van der Waals surface area contributed by atoms with Crippen molar-refractivity contribution in [2.75, 3.05) is 44.2 Å². The maximum absolute atomic E-state index is 5.73. The Morgan fingerprint density at radius 2 is 1.89 bits per heavy atom. The van der Waals surface area contributed by atoms with Crippen molar-refractivity contribution >= 4 is 11.9 Å². The van der Waals surface area contributed by atoms with E-state index in [0.29, 0.717) is 6.54 Å². The molecular weight excluding hydrogens is 352 g/mol. The van der Waals surface area contributed by atoms with Gasteiger partial charge in [0.25, 0.3) is 0 Å². The molecule has 7 heteroatoms. The molecule has 0 atom stereocenters. The molecule has 1 N–H and O–H groups in total. The topological polar surface area (TPSA) is 65.9 Å². The van der Waals surface area contributed by atoms with Crippen molar-refractivity contribution in [3.05, 3.63) is 48.3 Å². The Bertz CT molecular complexity index is 744. The van der Waals surface area contributed by atoms with Crippen molar-refractivity contribution in [3.8, 4) is 5.75 Å². The molecule has 0 spiro atoms. The van der Waals surface area contributed by atoms with Crippen LogP contribution in [0.1, 0.15) is 25.8 Å². The molecule has 0 bridgehead atoms. The Labute approximate surface area is 167 Å². The van der Waals surface area contributed by atoms with E-state index in [1.807, 2.05) is 18.2 Å². The lowest BCUT2D eigenvalue weighted by Crippen LogP contribution is -2.52. The van der Waals surface area contributed by atoms with Gasteiger partial charge in [0.1, 0.15) is 5.75 Å². The molecule has 1 saturated heterocycles. The number of hydrogen-bond donors (Lipinski definition) is 1. The first-order valence-electron chi connectivity index (χ1n) is 10.1. The van der Waals surface area contributed by atoms with E-state index >= 15 is 0 Å². The standard InChI is InChI=1S/C21H30N6O/c1-3-15-28-19-8-5-7-18(16-19)17-25-20(22-4-2)26-11-13-27(14-12-26)21-23-9-6-10-24-21/h5-10,16H,3-4,11-15,17H2,1-2H3,(H,22,25). The van der Waals surface area contributed by atoms with E-state index in [4.69, 9.17) is 9.73 Å². The SMILES string of the molecule is CCCOc1cccc(CN=C(NCC)N2CCN(c3ncccn3)CC2)c1. The summed E-state index contributed by atoms with van der Waals surface area (Å²) in [6, 6.07) is 10.0. The summed E-state index contributed by atoms with van der Waals surface area (Å²) in [5, 5.41) is 3.42. The molecule has 0 unspecified atom stereocenters. The first-order valence-corrected chi connectivity index (χ1v) is 10.1. The highest BCUT2D eigenvalue weighted by molar-refractivity contribution is 5.80. The van der Waals surface area contributed by atoms with Gasteiger partial charge in [-0.15, -0.1) is 0 Å². The Morgan fingerprint density at radius 3 is 2.61 bits per heavy atom. The Kier molecular flexibility index (Phi) is 7.46. The van der Waals surface area contributed by atoms with Crippen molar-refractivity contribution in [1.82, 2.24) is 20.2 Å². The van der Waals surface area contributed by atoms with Crippen molar-refractivity contribution < 1.29 is 4.74 Å². The van der Waals surface area contributed by atoms with Gasteiger partial charge in [-0.25, -0.2) is 15.0 Å². The van der Waals surface area contributed by atoms with Crippen LogP contribution in [0.5, 0.6) is 5.75 Å². The number of aliphatic imine (C=N–C) groups is 1. The van der Waals surface area contributed by atoms with Gasteiger partial charge in [0.05, 0.1) is 13.2 Å². The highest BCUT2D eigenvalue weighted by Crippen LogP contribution is 2.15. The summed E-state index contributed by atoms with van der Waals surface area (Å²) < 4.78 is 5.73. The molecule has 0 saturated carbocycles. The normalized spacial score (nSPS) is 14.9. The van der Waals surface area contributed by atoms with Crippen LogP contribution in [0, 0.1) is 0 Å². The van der Waals surface area contributed by atoms with E-state index in [0.717, 1.165) is 69.0 Å². The quantitative estimate of drug-likeness (QED) is 0.586. The van der Waals surface area contributed by atoms with Gasteiger partial charge in [0.15, 0.2) is 5.96 Å². The number of benzene rings is 1. The second-order valence-corrected chi connectivity index (χ2v) is 6.69. The number of hydrogen-bond acceptors (Lipinski definition) is 5. The predicted octanol–water partition coefficient (Wildman–Crippen LogP) is 2.55. The molecular formula is C21H30N6O. The number of nitrogens with one attached hydrogen (secondary N) is 1. The third-order valence-corrected chi connectivity index (χ3v) is 4.53. The average molecular weight is 383 g/mol. The van der Waals surface area contributed by atoms with Crippen molar-refractivity contribution in [2.24, 2.45) is 4.99 Å². The molecule has 3 rings (SSSR count). The van der Waals surface area contributed by atoms with Gasteiger partial charge in [0.2, 0.25) is 5.95 Å². The molecule has 7 nitrogen and oxygen atoms in total. The molecule has 150 valence electrons. The van der Waals surface area contributed by atoms with E-state index in [-0.39, 0.29) is 0 Å². The number of nitrogens with zero attached hydrogens (tertiary/aromatic N) is 5. The smallest absolute Gasteiger partial charge is 0.225 e. The zero-order valence-electron chi connectivity index (χ0n) is 16.8. The van der Waals surface area contributed by atoms with Crippen LogP contribution in [0.15, 0.2) is 47.7 Å². The van der Waals surface area contributed by atoms with Gasteiger partial charge < -0.3 is 19.9 Å². The summed E-state index contributed by atoms with van der Waals surface area (Å²) in [6.45, 7) is 9.99. The number of guanidine groups is 1. The van der Waals surface area contributed by atoms with Gasteiger partial charge in [0, 0.05) is 45.1 Å². The Balaban J connectivity index is 1.60. The second kappa shape index (κ2) is 10.5. The summed E-state index contributed by atoms with van der Waals surface area (Å²) in [7, 11) is 0. The monoisotopic (exact) mass is 382 g/mol. The summed E-state index contributed by atoms with van der Waals surface area (Å²) >= 11 is 0. The Hall–Kier alpha value is -2.83. The second-order valence-electron chi connectivity index (χ2n) is 6.69. The molecule has 2 heterocycles. The molecule has 2 aromatic rings. The zero-order chi connectivity index (χ0) is 19.6. The summed E-state index contributed by atoms with van der Waals surface area (Å²) in [5.41, 5.74) is 1.15. The predicted molar refractivity (Wildman–Crippen MR) is 113 cm³/mol. The van der Waals surface area contributed by atoms with Crippen LogP contribution in [0.2, 0.25) is 0 Å². The fraction of sp³-hybridized carbons (Fsp3) is 0.476. The lowest BCUT2D eigenvalue weighted by Gasteiger charge is -2.36. The molecule has 1 aliphatic heterocycles. The molecule has 28 heavy (non-hydrogen) atoms. The van der Waals surface area contributed by atoms with Crippen LogP contribution < -0.4 is 15.0 Å². The highest BCUT2D eigenvalue weighted by Gasteiger charge is 2.21. The minimum absolute atomic E-state index is 0.633. The Morgan fingerprint density at radius 1 is 1.11 bits per heavy atom. The number of aromatic nitrogens is 2. The van der Waals surface area contributed by atoms with Crippen LogP contribution in [-0.4, -0.2) is 60.2 Å². The lowest BCUT2D eigenvalue weighted by molar-refractivity contribution is 0.317. The van der Waals surface area contributed by atoms with Gasteiger partial charge >= 0.3 is 0 Å². The van der Waals surface area contributed by atoms with Crippen molar-refractivity contribution in [2.45, 2.75) is 26.8 Å². The summed E-state index contributed by atoms with van der Waals surface area (Å²) in [5.74, 6) is 2.67. The van der Waals surface area contributed by atoms with E-state index in [1.165, 1.54) is 0 Å². The lowest BCUT2D eigenvalue weighted by atomic mass is 10.2. The van der Waals surface area contributed by atoms with Gasteiger partial charge in [-0.05, 0) is 37.1 Å². The highest BCUT2D eigenvalue weighted by atomic mass is 16.5. The van der Waals surface area contributed by atoms with Crippen LogP contribution >= 0.6 is 0 Å². The van der Waals surface area contributed by atoms with Gasteiger partial charge in [-0.2, -0.15) is 0 Å². The first kappa shape index (κ1) is 19.9. The minimum atomic E-state index is 0.633. The number of rotatable bonds is 7. The van der Waals surface area contributed by atoms with E-state index in [9.17, 15) is 0 Å². The third kappa shape index (κ3) is 5.58. The van der Waals surface area contributed by atoms with E-state index < -0.39 is 0 Å². The number of ether oxygens (including phenoxy) is 1. The van der Waals surface area contributed by atoms with Crippen LogP contribution in [0.3, 0.4) is 0 Å². The number of anilines is 1. The van der Waals surface area contributed by atoms with Crippen molar-refractivity contribution in [1.29, 1.82) is 0 Å². The fourth-order valence-electron chi connectivity index (χ4n) is 3.12. The average Bonchev–Trinajstić information content (AvgIpc) is 2.76. The zero-order valence-corrected chi connectivity index (χ0v) is 16.8. The molecule has 1 aliphatic rings. The summed E-state index contributed by atoms with van der Waals surface area (Å²) in [6.07, 6.45) is 4.59. The maximum Gasteiger partial charge on any atom is 0.225 e. The molecule has 1 aromatic carbocycles. The van der Waals surface area contributed by atoms with Crippen LogP contribution in [0.25, 0.3) is 0 Å². The molecule has 0 amide bonds. The number of piperazine rings is 1. The largest absolute Gasteiger partial charge is 0.494 e. The van der Waals surface area contributed by atoms with Crippen LogP contribution in [-0.2, 0) is 6.54 Å². The molecule has 1 aromatic heterocycles. The fourth-order valence-corrected chi connectivity index (χ4v) is 3.12. The summed E-state index contributed by atoms with van der Waals surface area (Å²) in [4.78, 5) is 18.1. The molecule has 1 fully saturated rings. The molecule has 0 radical (unpaired) electrons. The first-order chi connectivity index (χ1) is 13.8. The van der Waals surface area contributed by atoms with E-state index in [1.54, 1.807) is 12.4 Å².